The maximum absolute atomic E-state index is 12.0. The fourth-order valence-electron chi connectivity index (χ4n) is 4.42. The number of benzene rings is 2. The van der Waals surface area contributed by atoms with Crippen molar-refractivity contribution in [2.45, 2.75) is 18.9 Å². The van der Waals surface area contributed by atoms with Crippen molar-refractivity contribution in [2.75, 3.05) is 20.2 Å². The molecular formula is C21H23NO2. The van der Waals surface area contributed by atoms with E-state index in [2.05, 4.69) is 65.6 Å². The van der Waals surface area contributed by atoms with Crippen molar-refractivity contribution in [3.63, 3.8) is 0 Å². The average molecular weight is 321 g/mol. The lowest BCUT2D eigenvalue weighted by molar-refractivity contribution is -0.177. The Balaban J connectivity index is 1.58. The van der Waals surface area contributed by atoms with Crippen LogP contribution in [0.25, 0.3) is 0 Å². The van der Waals surface area contributed by atoms with Crippen LogP contribution in [-0.2, 0) is 9.53 Å². The standard InChI is InChI=1S/C21H23NO2/c1-24-20(23)18-12-13-21(18)14-22(15-21)19(16-8-4-2-5-9-16)17-10-6-3-7-11-17/h2-11,18-19H,12-15H2,1H3/t18-/m0/s1. The largest absolute Gasteiger partial charge is 0.469 e. The fourth-order valence-corrected chi connectivity index (χ4v) is 4.42. The van der Waals surface area contributed by atoms with E-state index in [1.807, 2.05) is 0 Å². The van der Waals surface area contributed by atoms with Crippen molar-refractivity contribution in [2.24, 2.45) is 11.3 Å². The molecule has 0 amide bonds. The highest BCUT2D eigenvalue weighted by molar-refractivity contribution is 5.75. The van der Waals surface area contributed by atoms with Crippen LogP contribution < -0.4 is 0 Å². The van der Waals surface area contributed by atoms with Gasteiger partial charge in [-0.2, -0.15) is 0 Å². The Morgan fingerprint density at radius 3 is 2.00 bits per heavy atom. The number of methoxy groups -OCH3 is 1. The molecule has 24 heavy (non-hydrogen) atoms. The third-order valence-electron chi connectivity index (χ3n) is 5.79. The zero-order valence-corrected chi connectivity index (χ0v) is 14.0. The molecule has 3 heteroatoms. The Morgan fingerprint density at radius 2 is 1.58 bits per heavy atom. The van der Waals surface area contributed by atoms with Gasteiger partial charge in [-0.1, -0.05) is 60.7 Å². The van der Waals surface area contributed by atoms with Crippen LogP contribution in [0.5, 0.6) is 0 Å². The molecule has 1 atom stereocenters. The normalized spacial score (nSPS) is 22.0. The summed E-state index contributed by atoms with van der Waals surface area (Å²) in [4.78, 5) is 14.5. The first-order valence-corrected chi connectivity index (χ1v) is 8.65. The molecule has 0 aromatic heterocycles. The van der Waals surface area contributed by atoms with Gasteiger partial charge in [-0.25, -0.2) is 0 Å². The van der Waals surface area contributed by atoms with Gasteiger partial charge in [0.05, 0.1) is 19.1 Å². The average Bonchev–Trinajstić information content (AvgIpc) is 2.58. The highest BCUT2D eigenvalue weighted by Gasteiger charge is 2.59. The van der Waals surface area contributed by atoms with Crippen molar-refractivity contribution < 1.29 is 9.53 Å². The minimum Gasteiger partial charge on any atom is -0.469 e. The molecule has 0 radical (unpaired) electrons. The van der Waals surface area contributed by atoms with Gasteiger partial charge >= 0.3 is 5.97 Å². The molecule has 2 fully saturated rings. The first-order chi connectivity index (χ1) is 11.7. The maximum Gasteiger partial charge on any atom is 0.309 e. The number of nitrogens with zero attached hydrogens (tertiary/aromatic N) is 1. The molecule has 0 N–H and O–H groups in total. The van der Waals surface area contributed by atoms with Crippen molar-refractivity contribution in [3.8, 4) is 0 Å². The fraction of sp³-hybridized carbons (Fsp3) is 0.381. The van der Waals surface area contributed by atoms with E-state index >= 15 is 0 Å². The molecule has 1 spiro atoms. The summed E-state index contributed by atoms with van der Waals surface area (Å²) in [5.74, 6) is 0.0582. The predicted molar refractivity (Wildman–Crippen MR) is 93.5 cm³/mol. The third-order valence-corrected chi connectivity index (χ3v) is 5.79. The van der Waals surface area contributed by atoms with E-state index in [1.165, 1.54) is 18.2 Å². The first kappa shape index (κ1) is 15.4. The number of rotatable bonds is 4. The molecule has 1 aliphatic carbocycles. The van der Waals surface area contributed by atoms with Gasteiger partial charge in [0.25, 0.3) is 0 Å². The predicted octanol–water partition coefficient (Wildman–Crippen LogP) is 3.66. The Bertz CT molecular complexity index is 668. The van der Waals surface area contributed by atoms with E-state index in [-0.39, 0.29) is 23.3 Å². The van der Waals surface area contributed by atoms with E-state index in [0.29, 0.717) is 0 Å². The van der Waals surface area contributed by atoms with E-state index in [4.69, 9.17) is 4.74 Å². The molecule has 124 valence electrons. The van der Waals surface area contributed by atoms with Gasteiger partial charge in [-0.15, -0.1) is 0 Å². The molecule has 0 unspecified atom stereocenters. The quantitative estimate of drug-likeness (QED) is 0.805. The van der Waals surface area contributed by atoms with Crippen LogP contribution in [0.3, 0.4) is 0 Å². The van der Waals surface area contributed by atoms with Crippen LogP contribution in [0.15, 0.2) is 60.7 Å². The number of hydrogen-bond donors (Lipinski definition) is 0. The van der Waals surface area contributed by atoms with Crippen LogP contribution in [0.4, 0.5) is 0 Å². The SMILES string of the molecule is COC(=O)[C@@H]1CCC12CN(C(c1ccccc1)c1ccccc1)C2. The molecule has 2 aromatic rings. The molecule has 1 saturated carbocycles. The van der Waals surface area contributed by atoms with Gasteiger partial charge in [0, 0.05) is 18.5 Å². The van der Waals surface area contributed by atoms with Gasteiger partial charge in [0.2, 0.25) is 0 Å². The molecule has 2 aromatic carbocycles. The molecule has 1 saturated heterocycles. The lowest BCUT2D eigenvalue weighted by Gasteiger charge is -2.61. The number of hydrogen-bond acceptors (Lipinski definition) is 3. The number of esters is 1. The van der Waals surface area contributed by atoms with Crippen LogP contribution in [0.1, 0.15) is 30.0 Å². The summed E-state index contributed by atoms with van der Waals surface area (Å²) in [5.41, 5.74) is 2.77. The third kappa shape index (κ3) is 2.44. The van der Waals surface area contributed by atoms with Gasteiger partial charge in [0.1, 0.15) is 0 Å². The zero-order valence-electron chi connectivity index (χ0n) is 14.0. The molecule has 2 aliphatic rings. The summed E-state index contributed by atoms with van der Waals surface area (Å²) in [6.45, 7) is 1.95. The zero-order chi connectivity index (χ0) is 16.6. The Labute approximate surface area is 143 Å². The second-order valence-electron chi connectivity index (χ2n) is 7.11. The van der Waals surface area contributed by atoms with Crippen molar-refractivity contribution in [3.05, 3.63) is 71.8 Å². The minimum atomic E-state index is -0.0307. The highest BCUT2D eigenvalue weighted by atomic mass is 16.5. The molecule has 1 heterocycles. The van der Waals surface area contributed by atoms with Crippen LogP contribution in [0, 0.1) is 11.3 Å². The topological polar surface area (TPSA) is 29.5 Å². The van der Waals surface area contributed by atoms with E-state index < -0.39 is 0 Å². The van der Waals surface area contributed by atoms with Crippen molar-refractivity contribution in [1.82, 2.24) is 4.90 Å². The Hall–Kier alpha value is -2.13. The Kier molecular flexibility index (Phi) is 3.89. The van der Waals surface area contributed by atoms with Crippen molar-refractivity contribution >= 4 is 5.97 Å². The van der Waals surface area contributed by atoms with Gasteiger partial charge in [-0.05, 0) is 24.0 Å². The summed E-state index contributed by atoms with van der Waals surface area (Å²) in [7, 11) is 1.50. The number of carbonyl (C=O) groups is 1. The first-order valence-electron chi connectivity index (χ1n) is 8.65. The summed E-state index contributed by atoms with van der Waals surface area (Å²) in [5, 5.41) is 0. The molecule has 4 rings (SSSR count). The van der Waals surface area contributed by atoms with Crippen LogP contribution in [-0.4, -0.2) is 31.1 Å². The lowest BCUT2D eigenvalue weighted by Crippen LogP contribution is -2.66. The number of ether oxygens (including phenoxy) is 1. The summed E-state index contributed by atoms with van der Waals surface area (Å²) < 4.78 is 4.99. The molecule has 1 aliphatic heterocycles. The van der Waals surface area contributed by atoms with Crippen LogP contribution >= 0.6 is 0 Å². The lowest BCUT2D eigenvalue weighted by atomic mass is 9.55. The van der Waals surface area contributed by atoms with Gasteiger partial charge in [-0.3, -0.25) is 9.69 Å². The second kappa shape index (κ2) is 6.06. The molecule has 0 bridgehead atoms. The van der Waals surface area contributed by atoms with Crippen molar-refractivity contribution in [1.29, 1.82) is 0 Å². The smallest absolute Gasteiger partial charge is 0.309 e. The highest BCUT2D eigenvalue weighted by Crippen LogP contribution is 2.55. The second-order valence-corrected chi connectivity index (χ2v) is 7.11. The van der Waals surface area contributed by atoms with E-state index in [0.717, 1.165) is 25.9 Å². The van der Waals surface area contributed by atoms with Gasteiger partial charge < -0.3 is 4.74 Å². The monoisotopic (exact) mass is 321 g/mol. The van der Waals surface area contributed by atoms with E-state index in [9.17, 15) is 4.79 Å². The summed E-state index contributed by atoms with van der Waals surface area (Å²) in [6.07, 6.45) is 2.11. The minimum absolute atomic E-state index is 0.0307. The van der Waals surface area contributed by atoms with Crippen LogP contribution in [0.2, 0.25) is 0 Å². The maximum atomic E-state index is 12.0. The number of likely N-dealkylation sites (tertiary alicyclic amines) is 1. The molecular weight excluding hydrogens is 298 g/mol. The Morgan fingerprint density at radius 1 is 1.04 bits per heavy atom. The summed E-state index contributed by atoms with van der Waals surface area (Å²) in [6, 6.07) is 21.6. The van der Waals surface area contributed by atoms with E-state index in [1.54, 1.807) is 0 Å². The van der Waals surface area contributed by atoms with Gasteiger partial charge in [0.15, 0.2) is 0 Å². The summed E-state index contributed by atoms with van der Waals surface area (Å²) >= 11 is 0. The molecule has 3 nitrogen and oxygen atoms in total. The number of carbonyl (C=O) groups excluding carboxylic acids is 1.